The predicted octanol–water partition coefficient (Wildman–Crippen LogP) is 1.37. The quantitative estimate of drug-likeness (QED) is 0.793. The number of rotatable bonds is 3. The highest BCUT2D eigenvalue weighted by Crippen LogP contribution is 2.07. The fourth-order valence-corrected chi connectivity index (χ4v) is 2.36. The number of nitrogens with one attached hydrogen (secondary N) is 2. The van der Waals surface area contributed by atoms with Gasteiger partial charge in [-0.25, -0.2) is 4.98 Å². The number of thiazole rings is 1. The Hall–Kier alpha value is -0.450. The average Bonchev–Trinajstić information content (AvgIpc) is 2.58. The van der Waals surface area contributed by atoms with Crippen LogP contribution >= 0.6 is 11.3 Å². The van der Waals surface area contributed by atoms with Crippen LogP contribution in [0.4, 0.5) is 0 Å². The maximum atomic E-state index is 4.26. The molecule has 1 aliphatic heterocycles. The second-order valence-electron chi connectivity index (χ2n) is 3.74. The van der Waals surface area contributed by atoms with E-state index in [0.29, 0.717) is 6.04 Å². The fraction of sp³-hybridized carbons (Fsp3) is 0.700. The molecule has 78 valence electrons. The molecule has 0 radical (unpaired) electrons. The Morgan fingerprint density at radius 1 is 1.50 bits per heavy atom. The molecule has 14 heavy (non-hydrogen) atoms. The Balaban J connectivity index is 1.73. The van der Waals surface area contributed by atoms with E-state index in [9.17, 15) is 0 Å². The van der Waals surface area contributed by atoms with Crippen LogP contribution in [0.1, 0.15) is 25.0 Å². The molecule has 1 saturated heterocycles. The highest BCUT2D eigenvalue weighted by molar-refractivity contribution is 7.07. The molecule has 0 spiro atoms. The summed E-state index contributed by atoms with van der Waals surface area (Å²) in [6.07, 6.45) is 3.82. The molecule has 1 aliphatic rings. The predicted molar refractivity (Wildman–Crippen MR) is 59.5 cm³/mol. The van der Waals surface area contributed by atoms with E-state index >= 15 is 0 Å². The molecular formula is C10H17N3S. The van der Waals surface area contributed by atoms with Crippen molar-refractivity contribution in [3.8, 4) is 0 Å². The van der Waals surface area contributed by atoms with Gasteiger partial charge < -0.3 is 10.6 Å². The van der Waals surface area contributed by atoms with Crippen molar-refractivity contribution in [3.05, 3.63) is 16.6 Å². The number of nitrogens with zero attached hydrogens (tertiary/aromatic N) is 1. The monoisotopic (exact) mass is 211 g/mol. The number of aromatic nitrogens is 1. The topological polar surface area (TPSA) is 37.0 Å². The van der Waals surface area contributed by atoms with Gasteiger partial charge in [0.05, 0.1) is 11.2 Å². The molecule has 0 aliphatic carbocycles. The van der Waals surface area contributed by atoms with Crippen LogP contribution in [0.2, 0.25) is 0 Å². The number of hydrogen-bond donors (Lipinski definition) is 2. The summed E-state index contributed by atoms with van der Waals surface area (Å²) in [5, 5.41) is 9.10. The normalized spacial score (nSPS) is 23.3. The van der Waals surface area contributed by atoms with E-state index in [0.717, 1.165) is 13.1 Å². The smallest absolute Gasteiger partial charge is 0.0795 e. The third-order valence-electron chi connectivity index (χ3n) is 2.63. The van der Waals surface area contributed by atoms with Gasteiger partial charge >= 0.3 is 0 Å². The standard InChI is InChI=1S/C10H17N3S/c1-2-9(3-5-11-4-1)12-6-10-7-14-8-13-10/h7-9,11-12H,1-6H2. The van der Waals surface area contributed by atoms with Crippen molar-refractivity contribution >= 4 is 11.3 Å². The Morgan fingerprint density at radius 2 is 2.50 bits per heavy atom. The van der Waals surface area contributed by atoms with Gasteiger partial charge in [-0.05, 0) is 32.4 Å². The highest BCUT2D eigenvalue weighted by Gasteiger charge is 2.10. The zero-order valence-electron chi connectivity index (χ0n) is 8.33. The summed E-state index contributed by atoms with van der Waals surface area (Å²) in [7, 11) is 0. The van der Waals surface area contributed by atoms with Crippen molar-refractivity contribution in [2.24, 2.45) is 0 Å². The summed E-state index contributed by atoms with van der Waals surface area (Å²) in [6, 6.07) is 0.673. The molecule has 1 aromatic heterocycles. The highest BCUT2D eigenvalue weighted by atomic mass is 32.1. The van der Waals surface area contributed by atoms with Crippen molar-refractivity contribution in [3.63, 3.8) is 0 Å². The molecule has 2 N–H and O–H groups in total. The molecule has 0 amide bonds. The molecule has 0 bridgehead atoms. The molecular weight excluding hydrogens is 194 g/mol. The SMILES string of the molecule is c1nc(CNC2CCCNCC2)cs1. The Labute approximate surface area is 88.9 Å². The van der Waals surface area contributed by atoms with Crippen molar-refractivity contribution in [2.75, 3.05) is 13.1 Å². The summed E-state index contributed by atoms with van der Waals surface area (Å²) in [4.78, 5) is 4.26. The first kappa shape index (κ1) is 10.1. The second-order valence-corrected chi connectivity index (χ2v) is 4.46. The van der Waals surface area contributed by atoms with Gasteiger partial charge in [0, 0.05) is 18.0 Å². The maximum absolute atomic E-state index is 4.26. The van der Waals surface area contributed by atoms with Crippen LogP contribution in [-0.4, -0.2) is 24.1 Å². The van der Waals surface area contributed by atoms with E-state index in [1.165, 1.54) is 31.5 Å². The molecule has 1 unspecified atom stereocenters. The van der Waals surface area contributed by atoms with Gasteiger partial charge in [-0.3, -0.25) is 0 Å². The lowest BCUT2D eigenvalue weighted by molar-refractivity contribution is 0.466. The fourth-order valence-electron chi connectivity index (χ4n) is 1.80. The van der Waals surface area contributed by atoms with Crippen LogP contribution < -0.4 is 10.6 Å². The van der Waals surface area contributed by atoms with E-state index in [-0.39, 0.29) is 0 Å². The lowest BCUT2D eigenvalue weighted by Crippen LogP contribution is -2.29. The van der Waals surface area contributed by atoms with Crippen LogP contribution in [0.15, 0.2) is 10.9 Å². The first-order valence-corrected chi connectivity index (χ1v) is 6.20. The van der Waals surface area contributed by atoms with E-state index in [2.05, 4.69) is 21.0 Å². The molecule has 2 rings (SSSR count). The summed E-state index contributed by atoms with van der Waals surface area (Å²) >= 11 is 1.67. The third kappa shape index (κ3) is 3.04. The molecule has 1 fully saturated rings. The summed E-state index contributed by atoms with van der Waals surface area (Å²) in [5.41, 5.74) is 3.07. The van der Waals surface area contributed by atoms with Gasteiger partial charge in [0.2, 0.25) is 0 Å². The first-order chi connectivity index (χ1) is 6.95. The van der Waals surface area contributed by atoms with E-state index in [1.54, 1.807) is 11.3 Å². The molecule has 2 heterocycles. The molecule has 4 heteroatoms. The van der Waals surface area contributed by atoms with Gasteiger partial charge in [0.15, 0.2) is 0 Å². The van der Waals surface area contributed by atoms with Crippen molar-refractivity contribution in [2.45, 2.75) is 31.8 Å². The van der Waals surface area contributed by atoms with Gasteiger partial charge in [0.25, 0.3) is 0 Å². The molecule has 1 atom stereocenters. The van der Waals surface area contributed by atoms with Crippen LogP contribution in [0.25, 0.3) is 0 Å². The number of hydrogen-bond acceptors (Lipinski definition) is 4. The van der Waals surface area contributed by atoms with E-state index in [1.807, 2.05) is 5.51 Å². The maximum Gasteiger partial charge on any atom is 0.0795 e. The third-order valence-corrected chi connectivity index (χ3v) is 3.27. The van der Waals surface area contributed by atoms with E-state index in [4.69, 9.17) is 0 Å². The molecule has 0 aromatic carbocycles. The minimum absolute atomic E-state index is 0.673. The summed E-state index contributed by atoms with van der Waals surface area (Å²) in [5.74, 6) is 0. The minimum atomic E-state index is 0.673. The van der Waals surface area contributed by atoms with Crippen LogP contribution in [0.3, 0.4) is 0 Å². The molecule has 1 aromatic rings. The Kier molecular flexibility index (Phi) is 3.91. The Bertz CT molecular complexity index is 240. The van der Waals surface area contributed by atoms with Crippen LogP contribution in [0, 0.1) is 0 Å². The minimum Gasteiger partial charge on any atom is -0.317 e. The summed E-state index contributed by atoms with van der Waals surface area (Å²) < 4.78 is 0. The van der Waals surface area contributed by atoms with Gasteiger partial charge in [-0.15, -0.1) is 11.3 Å². The van der Waals surface area contributed by atoms with Gasteiger partial charge in [0.1, 0.15) is 0 Å². The van der Waals surface area contributed by atoms with Crippen molar-refractivity contribution < 1.29 is 0 Å². The van der Waals surface area contributed by atoms with Crippen molar-refractivity contribution in [1.82, 2.24) is 15.6 Å². The Morgan fingerprint density at radius 3 is 3.36 bits per heavy atom. The lowest BCUT2D eigenvalue weighted by atomic mass is 10.1. The van der Waals surface area contributed by atoms with Gasteiger partial charge in [-0.1, -0.05) is 0 Å². The lowest BCUT2D eigenvalue weighted by Gasteiger charge is -2.14. The average molecular weight is 211 g/mol. The van der Waals surface area contributed by atoms with Gasteiger partial charge in [-0.2, -0.15) is 0 Å². The van der Waals surface area contributed by atoms with Crippen LogP contribution in [0.5, 0.6) is 0 Å². The molecule has 0 saturated carbocycles. The van der Waals surface area contributed by atoms with Crippen LogP contribution in [-0.2, 0) is 6.54 Å². The zero-order chi connectivity index (χ0) is 9.64. The molecule has 3 nitrogen and oxygen atoms in total. The largest absolute Gasteiger partial charge is 0.317 e. The second kappa shape index (κ2) is 5.44. The van der Waals surface area contributed by atoms with E-state index < -0.39 is 0 Å². The summed E-state index contributed by atoms with van der Waals surface area (Å²) in [6.45, 7) is 3.25. The zero-order valence-corrected chi connectivity index (χ0v) is 9.15. The van der Waals surface area contributed by atoms with Crippen molar-refractivity contribution in [1.29, 1.82) is 0 Å². The first-order valence-electron chi connectivity index (χ1n) is 5.26.